The van der Waals surface area contributed by atoms with E-state index >= 15 is 0 Å². The molecule has 0 aromatic rings. The molecule has 27 heavy (non-hydrogen) atoms. The van der Waals surface area contributed by atoms with Crippen LogP contribution in [0.5, 0.6) is 0 Å². The van der Waals surface area contributed by atoms with Crippen molar-refractivity contribution in [2.75, 3.05) is 6.61 Å². The fourth-order valence-electron chi connectivity index (χ4n) is 4.22. The lowest BCUT2D eigenvalue weighted by atomic mass is 9.68. The van der Waals surface area contributed by atoms with Crippen LogP contribution in [0.25, 0.3) is 0 Å². The van der Waals surface area contributed by atoms with Gasteiger partial charge in [-0.2, -0.15) is 0 Å². The molecule has 0 aromatic heterocycles. The number of aliphatic hydroxyl groups is 6. The average molecular weight is 390 g/mol. The molecule has 0 bridgehead atoms. The van der Waals surface area contributed by atoms with Crippen molar-refractivity contribution < 1.29 is 40.1 Å². The van der Waals surface area contributed by atoms with Gasteiger partial charge in [0.05, 0.1) is 24.9 Å². The molecule has 0 amide bonds. The summed E-state index contributed by atoms with van der Waals surface area (Å²) in [6.45, 7) is 6.98. The number of aliphatic hydroxyl groups excluding tert-OH is 6. The third kappa shape index (κ3) is 4.71. The number of hydrogen-bond donors (Lipinski definition) is 6. The first kappa shape index (κ1) is 22.7. The van der Waals surface area contributed by atoms with E-state index in [1.807, 2.05) is 20.8 Å². The third-order valence-electron chi connectivity index (χ3n) is 5.81. The van der Waals surface area contributed by atoms with Gasteiger partial charge in [-0.05, 0) is 33.1 Å². The molecule has 0 saturated carbocycles. The third-order valence-corrected chi connectivity index (χ3v) is 5.81. The lowest BCUT2D eigenvalue weighted by molar-refractivity contribution is -0.325. The second-order valence-electron chi connectivity index (χ2n) is 8.39. The molecule has 1 heterocycles. The highest BCUT2D eigenvalue weighted by molar-refractivity contribution is 5.27. The van der Waals surface area contributed by atoms with Crippen molar-refractivity contribution in [1.82, 2.24) is 0 Å². The zero-order chi connectivity index (χ0) is 20.5. The minimum atomic E-state index is -1.53. The van der Waals surface area contributed by atoms with Gasteiger partial charge in [0.15, 0.2) is 6.29 Å². The maximum absolute atomic E-state index is 10.6. The van der Waals surface area contributed by atoms with Crippen LogP contribution in [0.1, 0.15) is 47.0 Å². The maximum Gasteiger partial charge on any atom is 0.187 e. The Kier molecular flexibility index (Phi) is 7.43. The van der Waals surface area contributed by atoms with E-state index in [2.05, 4.69) is 0 Å². The summed E-state index contributed by atoms with van der Waals surface area (Å²) in [6.07, 6.45) is -7.27. The Hall–Kier alpha value is -0.580. The molecule has 8 heteroatoms. The summed E-state index contributed by atoms with van der Waals surface area (Å²) in [6, 6.07) is 0. The molecule has 0 unspecified atom stereocenters. The van der Waals surface area contributed by atoms with Crippen LogP contribution in [0.4, 0.5) is 0 Å². The molecule has 8 atom stereocenters. The summed E-state index contributed by atoms with van der Waals surface area (Å²) >= 11 is 0. The predicted octanol–water partition coefficient (Wildman–Crippen LogP) is -0.560. The molecule has 8 nitrogen and oxygen atoms in total. The molecular formula is C19H34O8. The van der Waals surface area contributed by atoms with E-state index in [1.54, 1.807) is 6.92 Å². The summed E-state index contributed by atoms with van der Waals surface area (Å²) in [4.78, 5) is 0. The van der Waals surface area contributed by atoms with Gasteiger partial charge >= 0.3 is 0 Å². The standard InChI is InChI=1S/C19H34O8/c1-9-7-12(22)17(19(3,4)11(9)6-5-10(2)21)27-18-16(25)15(24)14(23)13(8-20)26-18/h10,12-18,20-25H,5-8H2,1-4H3/t10-,12-,13-,14-,15+,16-,17+,18+/m1/s1. The van der Waals surface area contributed by atoms with E-state index in [0.29, 0.717) is 19.3 Å². The summed E-state index contributed by atoms with van der Waals surface area (Å²) in [7, 11) is 0. The Labute approximate surface area is 160 Å². The predicted molar refractivity (Wildman–Crippen MR) is 96.7 cm³/mol. The van der Waals surface area contributed by atoms with E-state index in [0.717, 1.165) is 11.1 Å². The summed E-state index contributed by atoms with van der Waals surface area (Å²) in [5, 5.41) is 59.7. The number of hydrogen-bond acceptors (Lipinski definition) is 8. The second kappa shape index (κ2) is 8.84. The van der Waals surface area contributed by atoms with Crippen LogP contribution in [0.2, 0.25) is 0 Å². The molecule has 1 aliphatic carbocycles. The summed E-state index contributed by atoms with van der Waals surface area (Å²) in [5.41, 5.74) is 1.51. The lowest BCUT2D eigenvalue weighted by Gasteiger charge is -2.48. The smallest absolute Gasteiger partial charge is 0.187 e. The van der Waals surface area contributed by atoms with Crippen LogP contribution in [-0.2, 0) is 9.47 Å². The van der Waals surface area contributed by atoms with Crippen LogP contribution >= 0.6 is 0 Å². The van der Waals surface area contributed by atoms with Crippen molar-refractivity contribution >= 4 is 0 Å². The molecule has 1 fully saturated rings. The highest BCUT2D eigenvalue weighted by Gasteiger charge is 2.49. The first-order valence-electron chi connectivity index (χ1n) is 9.51. The van der Waals surface area contributed by atoms with Crippen molar-refractivity contribution in [3.63, 3.8) is 0 Å². The van der Waals surface area contributed by atoms with Gasteiger partial charge in [-0.15, -0.1) is 0 Å². The topological polar surface area (TPSA) is 140 Å². The Morgan fingerprint density at radius 3 is 2.33 bits per heavy atom. The van der Waals surface area contributed by atoms with Crippen LogP contribution in [0.3, 0.4) is 0 Å². The second-order valence-corrected chi connectivity index (χ2v) is 8.39. The van der Waals surface area contributed by atoms with Gasteiger partial charge in [-0.1, -0.05) is 25.0 Å². The molecule has 0 radical (unpaired) electrons. The van der Waals surface area contributed by atoms with Gasteiger partial charge < -0.3 is 40.1 Å². The Bertz CT molecular complexity index is 530. The van der Waals surface area contributed by atoms with Gasteiger partial charge in [-0.25, -0.2) is 0 Å². The van der Waals surface area contributed by atoms with Crippen molar-refractivity contribution in [2.45, 2.75) is 96.0 Å². The van der Waals surface area contributed by atoms with Crippen molar-refractivity contribution in [3.05, 3.63) is 11.1 Å². The molecule has 2 rings (SSSR count). The van der Waals surface area contributed by atoms with E-state index in [1.165, 1.54) is 0 Å². The molecule has 0 spiro atoms. The molecule has 1 saturated heterocycles. The van der Waals surface area contributed by atoms with Gasteiger partial charge in [-0.3, -0.25) is 0 Å². The minimum absolute atomic E-state index is 0.390. The van der Waals surface area contributed by atoms with E-state index < -0.39 is 61.0 Å². The normalized spacial score (nSPS) is 40.9. The molecule has 1 aliphatic heterocycles. The van der Waals surface area contributed by atoms with Crippen LogP contribution in [0, 0.1) is 5.41 Å². The number of rotatable bonds is 6. The first-order valence-corrected chi connectivity index (χ1v) is 9.51. The molecule has 6 N–H and O–H groups in total. The Morgan fingerprint density at radius 2 is 1.78 bits per heavy atom. The Morgan fingerprint density at radius 1 is 1.15 bits per heavy atom. The molecule has 158 valence electrons. The monoisotopic (exact) mass is 390 g/mol. The van der Waals surface area contributed by atoms with Gasteiger partial charge in [0, 0.05) is 5.41 Å². The van der Waals surface area contributed by atoms with Crippen molar-refractivity contribution in [3.8, 4) is 0 Å². The SMILES string of the molecule is CC1=C(CC[C@@H](C)O)C(C)(C)[C@@H](O[C@@H]2O[C@H](CO)[C@@H](O)[C@H](O)[C@H]2O)[C@H](O)C1. The van der Waals surface area contributed by atoms with Gasteiger partial charge in [0.25, 0.3) is 0 Å². The maximum atomic E-state index is 10.6. The fourth-order valence-corrected chi connectivity index (χ4v) is 4.22. The van der Waals surface area contributed by atoms with Crippen molar-refractivity contribution in [1.29, 1.82) is 0 Å². The van der Waals surface area contributed by atoms with Crippen LogP contribution in [-0.4, -0.2) is 86.3 Å². The molecule has 0 aromatic carbocycles. The zero-order valence-corrected chi connectivity index (χ0v) is 16.4. The van der Waals surface area contributed by atoms with Gasteiger partial charge in [0.2, 0.25) is 0 Å². The van der Waals surface area contributed by atoms with Crippen molar-refractivity contribution in [2.24, 2.45) is 5.41 Å². The summed E-state index contributed by atoms with van der Waals surface area (Å²) < 4.78 is 11.3. The van der Waals surface area contributed by atoms with E-state index in [4.69, 9.17) is 9.47 Å². The fraction of sp³-hybridized carbons (Fsp3) is 0.895. The lowest BCUT2D eigenvalue weighted by Crippen LogP contribution is -2.61. The Balaban J connectivity index is 2.21. The van der Waals surface area contributed by atoms with E-state index in [-0.39, 0.29) is 0 Å². The molecular weight excluding hydrogens is 356 g/mol. The number of ether oxygens (including phenoxy) is 2. The van der Waals surface area contributed by atoms with E-state index in [9.17, 15) is 30.6 Å². The zero-order valence-electron chi connectivity index (χ0n) is 16.4. The minimum Gasteiger partial charge on any atom is -0.394 e. The van der Waals surface area contributed by atoms with Crippen LogP contribution < -0.4 is 0 Å². The first-order chi connectivity index (χ1) is 12.5. The highest BCUT2D eigenvalue weighted by Crippen LogP contribution is 2.45. The van der Waals surface area contributed by atoms with Gasteiger partial charge in [0.1, 0.15) is 24.4 Å². The molecule has 2 aliphatic rings. The largest absolute Gasteiger partial charge is 0.394 e. The summed E-state index contributed by atoms with van der Waals surface area (Å²) in [5.74, 6) is 0. The average Bonchev–Trinajstić information content (AvgIpc) is 2.57. The van der Waals surface area contributed by atoms with Crippen LogP contribution in [0.15, 0.2) is 11.1 Å². The highest BCUT2D eigenvalue weighted by atomic mass is 16.7. The quantitative estimate of drug-likeness (QED) is 0.332.